The summed E-state index contributed by atoms with van der Waals surface area (Å²) in [7, 11) is 1.76. The van der Waals surface area contributed by atoms with E-state index in [4.69, 9.17) is 14.9 Å². The van der Waals surface area contributed by atoms with Crippen LogP contribution < -0.4 is 0 Å². The minimum atomic E-state index is 0.199. The van der Waals surface area contributed by atoms with Gasteiger partial charge in [-0.1, -0.05) is 0 Å². The first kappa shape index (κ1) is 13.3. The average Bonchev–Trinajstić information content (AvgIpc) is 2.20. The molecule has 0 bridgehead atoms. The van der Waals surface area contributed by atoms with Gasteiger partial charge in [-0.15, -0.1) is 0 Å². The van der Waals surface area contributed by atoms with E-state index < -0.39 is 0 Å². The molecule has 4 heteroatoms. The summed E-state index contributed by atoms with van der Waals surface area (Å²) in [6.45, 7) is 3.83. The van der Waals surface area contributed by atoms with Gasteiger partial charge in [0, 0.05) is 26.1 Å². The van der Waals surface area contributed by atoms with Crippen molar-refractivity contribution in [3.63, 3.8) is 0 Å². The summed E-state index contributed by atoms with van der Waals surface area (Å²) in [5.41, 5.74) is 0. The molecule has 0 aromatic carbocycles. The van der Waals surface area contributed by atoms with Crippen LogP contribution in [0.5, 0.6) is 0 Å². The van der Waals surface area contributed by atoms with E-state index in [0.29, 0.717) is 26.2 Å². The summed E-state index contributed by atoms with van der Waals surface area (Å²) in [6.07, 6.45) is 4.92. The van der Waals surface area contributed by atoms with Gasteiger partial charge in [0.05, 0.1) is 25.9 Å². The summed E-state index contributed by atoms with van der Waals surface area (Å²) in [6, 6.07) is 0. The van der Waals surface area contributed by atoms with E-state index >= 15 is 0 Å². The van der Waals surface area contributed by atoms with Crippen LogP contribution in [-0.4, -0.2) is 45.4 Å². The smallest absolute Gasteiger partial charge is 0.0704 e. The summed E-state index contributed by atoms with van der Waals surface area (Å²) in [5, 5.41) is 6.78. The first-order valence-electron chi connectivity index (χ1n) is 4.90. The molecule has 0 heterocycles. The molecule has 0 saturated heterocycles. The lowest BCUT2D eigenvalue weighted by Gasteiger charge is -2.10. The maximum absolute atomic E-state index is 6.78. The third-order valence-electron chi connectivity index (χ3n) is 1.66. The Morgan fingerprint density at radius 3 is 2.79 bits per heavy atom. The molecule has 0 aliphatic carbocycles. The van der Waals surface area contributed by atoms with Gasteiger partial charge in [-0.3, -0.25) is 0 Å². The zero-order chi connectivity index (χ0) is 10.6. The Kier molecular flexibility index (Phi) is 9.79. The Morgan fingerprint density at radius 2 is 2.14 bits per heavy atom. The lowest BCUT2D eigenvalue weighted by Crippen LogP contribution is -2.13. The Hall–Kier alpha value is -0.740. The van der Waals surface area contributed by atoms with Crippen LogP contribution in [0.15, 0.2) is 4.99 Å². The molecule has 4 nitrogen and oxygen atoms in total. The van der Waals surface area contributed by atoms with Crippen molar-refractivity contribution in [1.29, 1.82) is 5.41 Å². The fourth-order valence-electron chi connectivity index (χ4n) is 0.874. The topological polar surface area (TPSA) is 54.7 Å². The van der Waals surface area contributed by atoms with Crippen LogP contribution in [0.4, 0.5) is 0 Å². The van der Waals surface area contributed by atoms with E-state index in [-0.39, 0.29) is 6.10 Å². The highest BCUT2D eigenvalue weighted by atomic mass is 16.5. The lowest BCUT2D eigenvalue weighted by atomic mass is 10.3. The number of hydrogen-bond acceptors (Lipinski definition) is 4. The van der Waals surface area contributed by atoms with Crippen LogP contribution in [-0.2, 0) is 9.47 Å². The predicted molar refractivity (Wildman–Crippen MR) is 58.7 cm³/mol. The van der Waals surface area contributed by atoms with Crippen molar-refractivity contribution < 1.29 is 9.47 Å². The monoisotopic (exact) mass is 200 g/mol. The Morgan fingerprint density at radius 1 is 1.36 bits per heavy atom. The Bertz CT molecular complexity index is 160. The van der Waals surface area contributed by atoms with Crippen LogP contribution in [0.1, 0.15) is 19.8 Å². The Balaban J connectivity index is 3.14. The number of nitrogens with zero attached hydrogens (tertiary/aromatic N) is 1. The van der Waals surface area contributed by atoms with Gasteiger partial charge in [0.1, 0.15) is 0 Å². The second-order valence-electron chi connectivity index (χ2n) is 2.96. The average molecular weight is 200 g/mol. The number of nitrogens with one attached hydrogen (secondary N) is 1. The molecule has 0 fully saturated rings. The number of ether oxygens (including phenoxy) is 2. The molecule has 0 amide bonds. The summed E-state index contributed by atoms with van der Waals surface area (Å²) >= 11 is 0. The third-order valence-corrected chi connectivity index (χ3v) is 1.66. The van der Waals surface area contributed by atoms with Gasteiger partial charge in [-0.25, -0.2) is 0 Å². The quantitative estimate of drug-likeness (QED) is 0.453. The van der Waals surface area contributed by atoms with Crippen LogP contribution in [0.2, 0.25) is 0 Å². The van der Waals surface area contributed by atoms with Crippen molar-refractivity contribution >= 4 is 12.4 Å². The molecule has 0 aromatic heterocycles. The second kappa shape index (κ2) is 10.3. The molecule has 0 aliphatic heterocycles. The van der Waals surface area contributed by atoms with E-state index in [1.165, 1.54) is 6.21 Å². The zero-order valence-corrected chi connectivity index (χ0v) is 9.03. The van der Waals surface area contributed by atoms with Crippen LogP contribution in [0, 0.1) is 5.41 Å². The fourth-order valence-corrected chi connectivity index (χ4v) is 0.874. The fraction of sp³-hybridized carbons (Fsp3) is 0.800. The SMILES string of the molecule is CN=CCC(C)OCCOCCC=N. The van der Waals surface area contributed by atoms with Gasteiger partial charge in [-0.2, -0.15) is 0 Å². The second-order valence-corrected chi connectivity index (χ2v) is 2.96. The zero-order valence-electron chi connectivity index (χ0n) is 9.03. The van der Waals surface area contributed by atoms with E-state index in [9.17, 15) is 0 Å². The van der Waals surface area contributed by atoms with Crippen LogP contribution in [0.25, 0.3) is 0 Å². The van der Waals surface area contributed by atoms with Crippen LogP contribution in [0.3, 0.4) is 0 Å². The van der Waals surface area contributed by atoms with Gasteiger partial charge >= 0.3 is 0 Å². The first-order valence-corrected chi connectivity index (χ1v) is 4.90. The molecule has 82 valence electrons. The number of rotatable bonds is 9. The molecule has 0 aromatic rings. The Labute approximate surface area is 85.8 Å². The molecule has 0 spiro atoms. The van der Waals surface area contributed by atoms with E-state index in [1.807, 2.05) is 13.1 Å². The molecular weight excluding hydrogens is 180 g/mol. The normalized spacial score (nSPS) is 13.3. The van der Waals surface area contributed by atoms with Crippen molar-refractivity contribution in [2.75, 3.05) is 26.9 Å². The van der Waals surface area contributed by atoms with E-state index in [0.717, 1.165) is 6.42 Å². The molecule has 0 aliphatic rings. The predicted octanol–water partition coefficient (Wildman–Crippen LogP) is 1.54. The highest BCUT2D eigenvalue weighted by Gasteiger charge is 1.98. The molecule has 0 rings (SSSR count). The highest BCUT2D eigenvalue weighted by Crippen LogP contribution is 1.94. The summed E-state index contributed by atoms with van der Waals surface area (Å²) in [4.78, 5) is 3.88. The highest BCUT2D eigenvalue weighted by molar-refractivity contribution is 5.57. The molecular formula is C10H20N2O2. The van der Waals surface area contributed by atoms with Crippen molar-refractivity contribution in [3.05, 3.63) is 0 Å². The largest absolute Gasteiger partial charge is 0.379 e. The minimum Gasteiger partial charge on any atom is -0.379 e. The lowest BCUT2D eigenvalue weighted by molar-refractivity contribution is 0.0174. The van der Waals surface area contributed by atoms with Crippen molar-refractivity contribution in [1.82, 2.24) is 0 Å². The summed E-state index contributed by atoms with van der Waals surface area (Å²) < 4.78 is 10.7. The maximum Gasteiger partial charge on any atom is 0.0704 e. The number of hydrogen-bond donors (Lipinski definition) is 1. The van der Waals surface area contributed by atoms with Gasteiger partial charge in [0.2, 0.25) is 0 Å². The third kappa shape index (κ3) is 9.35. The molecule has 0 radical (unpaired) electrons. The van der Waals surface area contributed by atoms with Crippen molar-refractivity contribution in [2.24, 2.45) is 4.99 Å². The molecule has 14 heavy (non-hydrogen) atoms. The van der Waals surface area contributed by atoms with E-state index in [1.54, 1.807) is 7.05 Å². The molecule has 0 saturated carbocycles. The molecule has 1 N–H and O–H groups in total. The van der Waals surface area contributed by atoms with Crippen molar-refractivity contribution in [3.8, 4) is 0 Å². The maximum atomic E-state index is 6.78. The van der Waals surface area contributed by atoms with Crippen LogP contribution >= 0.6 is 0 Å². The first-order chi connectivity index (χ1) is 6.81. The van der Waals surface area contributed by atoms with E-state index in [2.05, 4.69) is 4.99 Å². The van der Waals surface area contributed by atoms with Crippen molar-refractivity contribution in [2.45, 2.75) is 25.9 Å². The van der Waals surface area contributed by atoms with Gasteiger partial charge in [0.25, 0.3) is 0 Å². The minimum absolute atomic E-state index is 0.199. The van der Waals surface area contributed by atoms with Gasteiger partial charge in [-0.05, 0) is 13.1 Å². The summed E-state index contributed by atoms with van der Waals surface area (Å²) in [5.74, 6) is 0. The van der Waals surface area contributed by atoms with Gasteiger partial charge in [0.15, 0.2) is 0 Å². The standard InChI is InChI=1S/C10H20N2O2/c1-10(4-6-12-2)14-9-8-13-7-3-5-11/h5-6,10-11H,3-4,7-9H2,1-2H3. The molecule has 1 unspecified atom stereocenters. The van der Waals surface area contributed by atoms with Gasteiger partial charge < -0.3 is 19.9 Å². The molecule has 1 atom stereocenters. The number of aliphatic imine (C=N–C) groups is 1.